The molecule has 0 saturated carbocycles. The van der Waals surface area contributed by atoms with Crippen molar-refractivity contribution in [3.8, 4) is 0 Å². The van der Waals surface area contributed by atoms with Gasteiger partial charge in [0.05, 0.1) is 0 Å². The van der Waals surface area contributed by atoms with Gasteiger partial charge in [0.2, 0.25) is 0 Å². The molecule has 2 aromatic rings. The molecular formula is C24H30F2O2. The van der Waals surface area contributed by atoms with Crippen molar-refractivity contribution >= 4 is 11.6 Å². The molecule has 2 rings (SSSR count). The molecule has 0 aromatic heterocycles. The Hall–Kier alpha value is -2.36. The predicted molar refractivity (Wildman–Crippen MR) is 109 cm³/mol. The zero-order valence-corrected chi connectivity index (χ0v) is 17.2. The number of benzene rings is 2. The van der Waals surface area contributed by atoms with Crippen LogP contribution in [-0.2, 0) is 22.4 Å². The molecule has 0 unspecified atom stereocenters. The number of hydrogen-bond donors (Lipinski definition) is 0. The largest absolute Gasteiger partial charge is 0.300 e. The Balaban J connectivity index is 0.000000336. The molecule has 2 aromatic carbocycles. The maximum Gasteiger partial charge on any atom is 0.141 e. The van der Waals surface area contributed by atoms with Crippen LogP contribution in [0.5, 0.6) is 0 Å². The number of hydrogen-bond acceptors (Lipinski definition) is 2. The van der Waals surface area contributed by atoms with E-state index in [1.807, 2.05) is 0 Å². The lowest BCUT2D eigenvalue weighted by molar-refractivity contribution is -0.120. The molecule has 28 heavy (non-hydrogen) atoms. The number of rotatable bonds is 8. The minimum atomic E-state index is -0.315. The summed E-state index contributed by atoms with van der Waals surface area (Å²) in [5.41, 5.74) is 1.56. The SMILES string of the molecule is CC(C)CC(=O)CC(C)C.O=C(Cc1ccc(F)cc1)Cc1ccc(F)cc1. The van der Waals surface area contributed by atoms with Crippen LogP contribution in [0.1, 0.15) is 51.7 Å². The third-order valence-corrected chi connectivity index (χ3v) is 3.90. The molecule has 0 aliphatic heterocycles. The van der Waals surface area contributed by atoms with Crippen molar-refractivity contribution in [1.82, 2.24) is 0 Å². The summed E-state index contributed by atoms with van der Waals surface area (Å²) in [5.74, 6) is 0.838. The van der Waals surface area contributed by atoms with Gasteiger partial charge in [-0.3, -0.25) is 9.59 Å². The van der Waals surface area contributed by atoms with Gasteiger partial charge in [-0.15, -0.1) is 0 Å². The van der Waals surface area contributed by atoms with Crippen molar-refractivity contribution in [2.45, 2.75) is 53.4 Å². The summed E-state index contributed by atoms with van der Waals surface area (Å²) in [6.45, 7) is 8.33. The molecule has 0 heterocycles. The summed E-state index contributed by atoms with van der Waals surface area (Å²) in [7, 11) is 0. The normalized spacial score (nSPS) is 10.6. The van der Waals surface area contributed by atoms with Gasteiger partial charge >= 0.3 is 0 Å². The van der Waals surface area contributed by atoms with Crippen LogP contribution in [0.15, 0.2) is 48.5 Å². The standard InChI is InChI=1S/C15H12F2O.C9H18O/c16-13-5-1-11(2-6-13)9-15(18)10-12-3-7-14(17)8-4-12;1-7(2)5-9(10)6-8(3)4/h1-8H,9-10H2;7-8H,5-6H2,1-4H3. The smallest absolute Gasteiger partial charge is 0.141 e. The van der Waals surface area contributed by atoms with Crippen LogP contribution in [-0.4, -0.2) is 11.6 Å². The molecule has 0 N–H and O–H groups in total. The highest BCUT2D eigenvalue weighted by Gasteiger charge is 2.07. The van der Waals surface area contributed by atoms with E-state index in [0.29, 0.717) is 17.6 Å². The van der Waals surface area contributed by atoms with E-state index in [1.54, 1.807) is 24.3 Å². The number of carbonyl (C=O) groups is 2. The first kappa shape index (κ1) is 23.7. The van der Waals surface area contributed by atoms with Gasteiger partial charge in [0.1, 0.15) is 23.2 Å². The van der Waals surface area contributed by atoms with Gasteiger partial charge in [-0.2, -0.15) is 0 Å². The first-order chi connectivity index (χ1) is 13.2. The van der Waals surface area contributed by atoms with Crippen LogP contribution in [0.25, 0.3) is 0 Å². The highest BCUT2D eigenvalue weighted by Crippen LogP contribution is 2.09. The van der Waals surface area contributed by atoms with E-state index in [2.05, 4.69) is 27.7 Å². The van der Waals surface area contributed by atoms with E-state index in [9.17, 15) is 18.4 Å². The van der Waals surface area contributed by atoms with Crippen LogP contribution in [0.3, 0.4) is 0 Å². The van der Waals surface area contributed by atoms with E-state index in [-0.39, 0.29) is 30.3 Å². The summed E-state index contributed by atoms with van der Waals surface area (Å²) in [6.07, 6.45) is 2.02. The molecule has 0 fully saturated rings. The predicted octanol–water partition coefficient (Wildman–Crippen LogP) is 5.97. The molecule has 0 amide bonds. The number of ketones is 2. The lowest BCUT2D eigenvalue weighted by atomic mass is 10.00. The van der Waals surface area contributed by atoms with E-state index in [4.69, 9.17) is 0 Å². The van der Waals surface area contributed by atoms with Crippen molar-refractivity contribution in [2.75, 3.05) is 0 Å². The van der Waals surface area contributed by atoms with Gasteiger partial charge in [-0.25, -0.2) is 8.78 Å². The van der Waals surface area contributed by atoms with Gasteiger partial charge in [0, 0.05) is 25.7 Å². The summed E-state index contributed by atoms with van der Waals surface area (Å²) < 4.78 is 25.4. The molecule has 0 radical (unpaired) electrons. The molecule has 0 aliphatic carbocycles. The van der Waals surface area contributed by atoms with Crippen LogP contribution >= 0.6 is 0 Å². The van der Waals surface area contributed by atoms with Crippen molar-refractivity contribution in [1.29, 1.82) is 0 Å². The van der Waals surface area contributed by atoms with Crippen molar-refractivity contribution in [3.63, 3.8) is 0 Å². The minimum absolute atomic E-state index is 0.0215. The maximum absolute atomic E-state index is 12.7. The zero-order chi connectivity index (χ0) is 21.1. The third-order valence-electron chi connectivity index (χ3n) is 3.90. The first-order valence-electron chi connectivity index (χ1n) is 9.68. The molecule has 0 bridgehead atoms. The number of halogens is 2. The molecule has 152 valence electrons. The topological polar surface area (TPSA) is 34.1 Å². The fourth-order valence-electron chi connectivity index (χ4n) is 2.72. The van der Waals surface area contributed by atoms with E-state index in [1.165, 1.54) is 24.3 Å². The van der Waals surface area contributed by atoms with Crippen molar-refractivity contribution in [3.05, 3.63) is 71.3 Å². The quantitative estimate of drug-likeness (QED) is 0.558. The second kappa shape index (κ2) is 12.2. The Morgan fingerprint density at radius 2 is 0.964 bits per heavy atom. The van der Waals surface area contributed by atoms with Crippen molar-refractivity contribution < 1.29 is 18.4 Å². The van der Waals surface area contributed by atoms with Gasteiger partial charge in [0.15, 0.2) is 0 Å². The summed E-state index contributed by atoms with van der Waals surface area (Å²) in [5, 5.41) is 0. The zero-order valence-electron chi connectivity index (χ0n) is 17.2. The fourth-order valence-corrected chi connectivity index (χ4v) is 2.72. The van der Waals surface area contributed by atoms with Gasteiger partial charge in [-0.05, 0) is 47.2 Å². The summed E-state index contributed by atoms with van der Waals surface area (Å²) in [6, 6.07) is 11.7. The fraction of sp³-hybridized carbons (Fsp3) is 0.417. The van der Waals surface area contributed by atoms with E-state index >= 15 is 0 Å². The molecular weight excluding hydrogens is 358 g/mol. The maximum atomic E-state index is 12.7. The Bertz CT molecular complexity index is 671. The monoisotopic (exact) mass is 388 g/mol. The molecule has 4 heteroatoms. The lowest BCUT2D eigenvalue weighted by Crippen LogP contribution is -2.06. The van der Waals surface area contributed by atoms with Crippen LogP contribution in [0, 0.1) is 23.5 Å². The van der Waals surface area contributed by atoms with Crippen LogP contribution in [0.2, 0.25) is 0 Å². The molecule has 0 atom stereocenters. The van der Waals surface area contributed by atoms with Crippen LogP contribution < -0.4 is 0 Å². The lowest BCUT2D eigenvalue weighted by Gasteiger charge is -2.05. The molecule has 0 saturated heterocycles. The van der Waals surface area contributed by atoms with E-state index < -0.39 is 0 Å². The Morgan fingerprint density at radius 1 is 0.643 bits per heavy atom. The second-order valence-electron chi connectivity index (χ2n) is 7.88. The highest BCUT2D eigenvalue weighted by molar-refractivity contribution is 5.83. The molecule has 2 nitrogen and oxygen atoms in total. The molecule has 0 aliphatic rings. The highest BCUT2D eigenvalue weighted by atomic mass is 19.1. The Kier molecular flexibility index (Phi) is 10.3. The number of Topliss-reactive ketones (excluding diaryl/α,β-unsaturated/α-hetero) is 2. The number of carbonyl (C=O) groups excluding carboxylic acids is 2. The van der Waals surface area contributed by atoms with Crippen LogP contribution in [0.4, 0.5) is 8.78 Å². The van der Waals surface area contributed by atoms with E-state index in [0.717, 1.165) is 24.0 Å². The minimum Gasteiger partial charge on any atom is -0.300 e. The van der Waals surface area contributed by atoms with Gasteiger partial charge in [-0.1, -0.05) is 52.0 Å². The van der Waals surface area contributed by atoms with Gasteiger partial charge < -0.3 is 0 Å². The average Bonchev–Trinajstić information content (AvgIpc) is 2.58. The van der Waals surface area contributed by atoms with Gasteiger partial charge in [0.25, 0.3) is 0 Å². The summed E-state index contributed by atoms with van der Waals surface area (Å²) in [4.78, 5) is 22.8. The Morgan fingerprint density at radius 3 is 1.25 bits per heavy atom. The summed E-state index contributed by atoms with van der Waals surface area (Å²) >= 11 is 0. The first-order valence-corrected chi connectivity index (χ1v) is 9.68. The Labute approximate surface area is 167 Å². The second-order valence-corrected chi connectivity index (χ2v) is 7.88. The van der Waals surface area contributed by atoms with Crippen molar-refractivity contribution in [2.24, 2.45) is 11.8 Å². The third kappa shape index (κ3) is 10.7. The molecule has 0 spiro atoms. The average molecular weight is 388 g/mol.